The van der Waals surface area contributed by atoms with Gasteiger partial charge >= 0.3 is 12.2 Å². The van der Waals surface area contributed by atoms with Crippen LogP contribution in [0.1, 0.15) is 80.3 Å². The van der Waals surface area contributed by atoms with Crippen LogP contribution in [0.4, 0.5) is 23.4 Å². The maximum absolute atomic E-state index is 16.0. The maximum atomic E-state index is 16.0. The summed E-state index contributed by atoms with van der Waals surface area (Å²) in [4.78, 5) is 46.2. The standard InChI is InChI=1S/C60H62F4N12O7/c1-32(2)53(58(79)74-20-6-8-49(74)56(78)68-48(30-77)37-15-13-35(14-16-37)41-7-5-19-65-57(41)80-4)76-29-47(72-73-76)36-11-9-34(10-12-36)31-82-54-51(50-33(3)45(61)25-46-43(50)27-67-71-46)44(60(62,63)64)24-42-52(54)69-59(83-40-17-21-81-22-18-40)70-55(42)75-28-38-23-39(75)26-66-38/h5,7,9-16,19,24-25,27,29,32,38-40,48-49,53,66,77H,6,8,17-18,20-23,26,28,30-31H2,1-4H3,(H,67,71)(H,68,78)/t38-,39-,48-,49-,53-/m0/s1. The predicted molar refractivity (Wildman–Crippen MR) is 299 cm³/mol. The molecule has 432 valence electrons. The van der Waals surface area contributed by atoms with Crippen molar-refractivity contribution in [2.24, 2.45) is 5.92 Å². The van der Waals surface area contributed by atoms with Gasteiger partial charge in [-0.15, -0.1) is 5.10 Å². The second-order valence-corrected chi connectivity index (χ2v) is 22.0. The molecule has 4 aromatic heterocycles. The number of aromatic nitrogens is 8. The van der Waals surface area contributed by atoms with Crippen LogP contribution < -0.4 is 29.7 Å². The summed E-state index contributed by atoms with van der Waals surface area (Å²) < 4.78 is 89.3. The van der Waals surface area contributed by atoms with E-state index in [1.54, 1.807) is 48.7 Å². The second-order valence-electron chi connectivity index (χ2n) is 22.0. The fraction of sp³-hybridized carbons (Fsp3) is 0.400. The van der Waals surface area contributed by atoms with E-state index in [0.29, 0.717) is 86.8 Å². The Kier molecular flexibility index (Phi) is 15.2. The number of halogens is 4. The molecule has 12 rings (SSSR count). The zero-order chi connectivity index (χ0) is 57.7. The van der Waals surface area contributed by atoms with Crippen LogP contribution in [0, 0.1) is 18.7 Å². The van der Waals surface area contributed by atoms with Gasteiger partial charge in [0.2, 0.25) is 17.7 Å². The molecule has 0 radical (unpaired) electrons. The highest BCUT2D eigenvalue weighted by atomic mass is 19.4. The van der Waals surface area contributed by atoms with Crippen molar-refractivity contribution in [2.45, 2.75) is 102 Å². The van der Waals surface area contributed by atoms with Crippen molar-refractivity contribution in [1.29, 1.82) is 0 Å². The molecule has 8 heterocycles. The molecule has 83 heavy (non-hydrogen) atoms. The molecule has 4 N–H and O–H groups in total. The summed E-state index contributed by atoms with van der Waals surface area (Å²) in [5, 5.41) is 33.0. The van der Waals surface area contributed by atoms with Crippen molar-refractivity contribution in [3.63, 3.8) is 0 Å². The summed E-state index contributed by atoms with van der Waals surface area (Å²) in [6.07, 6.45) is 2.37. The van der Waals surface area contributed by atoms with Crippen LogP contribution in [0.3, 0.4) is 0 Å². The van der Waals surface area contributed by atoms with Gasteiger partial charge in [0, 0.05) is 83.8 Å². The van der Waals surface area contributed by atoms with Crippen LogP contribution in [0.25, 0.3) is 55.3 Å². The largest absolute Gasteiger partial charge is 0.486 e. The Hall–Kier alpha value is -8.28. The van der Waals surface area contributed by atoms with E-state index in [1.165, 1.54) is 23.9 Å². The van der Waals surface area contributed by atoms with Crippen LogP contribution >= 0.6 is 0 Å². The topological polar surface area (TPSA) is 220 Å². The number of carbonyl (C=O) groups is 2. The highest BCUT2D eigenvalue weighted by molar-refractivity contribution is 6.06. The maximum Gasteiger partial charge on any atom is 0.417 e. The van der Waals surface area contributed by atoms with Crippen molar-refractivity contribution in [3.8, 4) is 51.2 Å². The number of methoxy groups -OCH3 is 1. The van der Waals surface area contributed by atoms with Crippen molar-refractivity contribution in [2.75, 3.05) is 51.5 Å². The van der Waals surface area contributed by atoms with Gasteiger partial charge in [0.25, 0.3) is 0 Å². The van der Waals surface area contributed by atoms with E-state index in [1.807, 2.05) is 55.1 Å². The molecule has 8 aromatic rings. The third kappa shape index (κ3) is 10.8. The summed E-state index contributed by atoms with van der Waals surface area (Å²) in [6, 6.07) is 18.1. The quantitative estimate of drug-likeness (QED) is 0.0627. The minimum absolute atomic E-state index is 0.0197. The first-order valence-electron chi connectivity index (χ1n) is 27.9. The molecule has 4 aliphatic rings. The van der Waals surface area contributed by atoms with Gasteiger partial charge in [0.15, 0.2) is 5.75 Å². The molecule has 0 spiro atoms. The molecule has 19 nitrogen and oxygen atoms in total. The number of aliphatic hydroxyl groups is 1. The Morgan fingerprint density at radius 2 is 1.76 bits per heavy atom. The van der Waals surface area contributed by atoms with E-state index in [-0.39, 0.29) is 99.6 Å². The number of hydrogen-bond acceptors (Lipinski definition) is 15. The van der Waals surface area contributed by atoms with Gasteiger partial charge in [-0.3, -0.25) is 14.7 Å². The number of nitrogens with zero attached hydrogens (tertiary/aromatic N) is 9. The molecule has 0 saturated carbocycles. The summed E-state index contributed by atoms with van der Waals surface area (Å²) >= 11 is 0. The Balaban J connectivity index is 0.823. The molecule has 0 aliphatic carbocycles. The van der Waals surface area contributed by atoms with Gasteiger partial charge in [-0.05, 0) is 78.6 Å². The third-order valence-corrected chi connectivity index (χ3v) is 16.4. The Bertz CT molecular complexity index is 3700. The molecule has 0 unspecified atom stereocenters. The van der Waals surface area contributed by atoms with E-state index in [0.717, 1.165) is 23.6 Å². The number of amides is 2. The average molecular weight is 1140 g/mol. The van der Waals surface area contributed by atoms with E-state index in [2.05, 4.69) is 36.1 Å². The summed E-state index contributed by atoms with van der Waals surface area (Å²) in [5.74, 6) is -1.17. The number of H-pyrrole nitrogens is 1. The van der Waals surface area contributed by atoms with Crippen molar-refractivity contribution >= 4 is 39.4 Å². The summed E-state index contributed by atoms with van der Waals surface area (Å²) in [6.45, 7) is 7.02. The lowest BCUT2D eigenvalue weighted by Crippen LogP contribution is -2.50. The smallest absolute Gasteiger partial charge is 0.417 e. The van der Waals surface area contributed by atoms with E-state index >= 15 is 17.6 Å². The fourth-order valence-corrected chi connectivity index (χ4v) is 12.2. The van der Waals surface area contributed by atoms with Gasteiger partial charge in [-0.25, -0.2) is 14.1 Å². The van der Waals surface area contributed by atoms with E-state index in [4.69, 9.17) is 28.9 Å². The zero-order valence-corrected chi connectivity index (χ0v) is 46.1. The summed E-state index contributed by atoms with van der Waals surface area (Å²) in [7, 11) is 1.55. The highest BCUT2D eigenvalue weighted by Gasteiger charge is 2.44. The van der Waals surface area contributed by atoms with Crippen LogP contribution in [-0.2, 0) is 27.1 Å². The third-order valence-electron chi connectivity index (χ3n) is 16.4. The molecular formula is C60H62F4N12O7. The number of piperazine rings is 1. The van der Waals surface area contributed by atoms with Gasteiger partial charge in [0.05, 0.1) is 56.4 Å². The molecule has 4 aromatic carbocycles. The number of aliphatic hydroxyl groups excluding tert-OH is 1. The SMILES string of the molecule is COc1ncccc1-c1ccc([C@H](CO)NC(=O)[C@@H]2CCCN2C(=O)[C@H](C(C)C)n2cc(-c3ccc(COc4c(-c5c(C)c(F)cc6[nH]ncc56)c(C(F)(F)F)cc5c(N6C[C@@H]7C[C@H]6CN7)nc(OC6CCOCC6)nc45)cc3)nn2)cc1. The average Bonchev–Trinajstić information content (AvgIpc) is 3.72. The number of fused-ring (bicyclic) bond motifs is 4. The van der Waals surface area contributed by atoms with Crippen molar-refractivity contribution in [1.82, 2.24) is 55.7 Å². The monoisotopic (exact) mass is 1140 g/mol. The minimum Gasteiger partial charge on any atom is -0.486 e. The number of anilines is 1. The van der Waals surface area contributed by atoms with Crippen molar-refractivity contribution < 1.29 is 51.2 Å². The number of ether oxygens (including phenoxy) is 4. The Morgan fingerprint density at radius 3 is 2.47 bits per heavy atom. The number of pyridine rings is 1. The fourth-order valence-electron chi connectivity index (χ4n) is 12.2. The molecule has 2 amide bonds. The number of aromatic amines is 1. The number of hydrogen-bond donors (Lipinski definition) is 4. The Morgan fingerprint density at radius 1 is 0.976 bits per heavy atom. The second kappa shape index (κ2) is 22.8. The Labute approximate surface area is 474 Å². The van der Waals surface area contributed by atoms with Crippen molar-refractivity contribution in [3.05, 3.63) is 119 Å². The van der Waals surface area contributed by atoms with Crippen LogP contribution in [0.15, 0.2) is 91.4 Å². The number of alkyl halides is 3. The number of benzene rings is 4. The number of carbonyl (C=O) groups excluding carboxylic acids is 2. The lowest BCUT2D eigenvalue weighted by Gasteiger charge is -2.31. The van der Waals surface area contributed by atoms with Gasteiger partial charge < -0.3 is 44.5 Å². The number of nitrogens with one attached hydrogen (secondary N) is 3. The lowest BCUT2D eigenvalue weighted by molar-refractivity contribution is -0.142. The number of likely N-dealkylation sites (tertiary alicyclic amines) is 1. The summed E-state index contributed by atoms with van der Waals surface area (Å²) in [5.41, 5.74) is 2.68. The normalized spacial score (nSPS) is 19.0. The molecule has 2 bridgehead atoms. The minimum atomic E-state index is -4.96. The first-order valence-corrected chi connectivity index (χ1v) is 27.9. The van der Waals surface area contributed by atoms with Gasteiger partial charge in [-0.2, -0.15) is 28.2 Å². The van der Waals surface area contributed by atoms with Gasteiger partial charge in [0.1, 0.15) is 47.6 Å². The molecule has 4 saturated heterocycles. The van der Waals surface area contributed by atoms with Crippen LogP contribution in [-0.4, -0.2) is 133 Å². The van der Waals surface area contributed by atoms with Gasteiger partial charge in [-0.1, -0.05) is 67.6 Å². The lowest BCUT2D eigenvalue weighted by atomic mass is 9.90. The molecule has 23 heteroatoms. The zero-order valence-electron chi connectivity index (χ0n) is 46.1. The van der Waals surface area contributed by atoms with Crippen LogP contribution in [0.5, 0.6) is 17.6 Å². The van der Waals surface area contributed by atoms with E-state index < -0.39 is 41.2 Å². The first kappa shape index (κ1) is 55.3. The number of rotatable bonds is 17. The first-order chi connectivity index (χ1) is 40.1. The molecule has 4 aliphatic heterocycles. The van der Waals surface area contributed by atoms with Crippen LogP contribution in [0.2, 0.25) is 0 Å². The predicted octanol–water partition coefficient (Wildman–Crippen LogP) is 8.69. The van der Waals surface area contributed by atoms with E-state index in [9.17, 15) is 14.7 Å². The molecular weight excluding hydrogens is 1080 g/mol. The molecule has 4 fully saturated rings. The molecule has 5 atom stereocenters. The highest BCUT2D eigenvalue weighted by Crippen LogP contribution is 2.51.